The average molecular weight is 865 g/mol. The van der Waals surface area contributed by atoms with Crippen molar-refractivity contribution in [3.8, 4) is 0 Å². The van der Waals surface area contributed by atoms with Crippen molar-refractivity contribution in [2.45, 2.75) is 0 Å². The van der Waals surface area contributed by atoms with Crippen molar-refractivity contribution in [2.24, 2.45) is 4.99 Å². The van der Waals surface area contributed by atoms with Crippen LogP contribution in [0.3, 0.4) is 0 Å². The van der Waals surface area contributed by atoms with Gasteiger partial charge in [-0.15, -0.1) is 46.7 Å². The summed E-state index contributed by atoms with van der Waals surface area (Å²) in [5.74, 6) is 0. The molecule has 0 N–H and O–H groups in total. The smallest absolute Gasteiger partial charge is 0.456 e. The minimum Gasteiger partial charge on any atom is -0.456 e. The van der Waals surface area contributed by atoms with Crippen molar-refractivity contribution in [1.29, 1.82) is 0 Å². The second-order valence-corrected chi connectivity index (χ2v) is 12.3. The number of furan rings is 2. The van der Waals surface area contributed by atoms with Crippen LogP contribution < -0.4 is 4.90 Å². The topological polar surface area (TPSA) is 41.9 Å². The number of hydrogen-bond acceptors (Lipinski definition) is 4. The van der Waals surface area contributed by atoms with Gasteiger partial charge in [-0.3, -0.25) is 0 Å². The van der Waals surface area contributed by atoms with Crippen LogP contribution in [0.1, 0.15) is 5.56 Å². The van der Waals surface area contributed by atoms with Crippen LogP contribution in [0.4, 0.5) is 22.7 Å². The number of fused-ring (bicyclic) bond motifs is 9. The fourth-order valence-electron chi connectivity index (χ4n) is 6.94. The van der Waals surface area contributed by atoms with Crippen molar-refractivity contribution >= 4 is 94.4 Å². The van der Waals surface area contributed by atoms with E-state index in [2.05, 4.69) is 119 Å². The maximum Gasteiger partial charge on any atom is 2.00 e. The van der Waals surface area contributed by atoms with Crippen molar-refractivity contribution in [1.82, 2.24) is 0 Å². The second-order valence-electron chi connectivity index (χ2n) is 12.3. The number of benzene rings is 8. The minimum absolute atomic E-state index is 0. The van der Waals surface area contributed by atoms with Crippen molar-refractivity contribution in [3.63, 3.8) is 0 Å². The standard InChI is InChI=1S/C45H26N2O2.U/c1-2-8-29(9-3-1)28-46-32-18-16-30-14-15-31-17-19-33(25-39(31)38(30)24-32)47(34-20-22-44-40(26-34)36-10-4-6-12-42(36)48-44)35-21-23-45-41(27-35)37-11-5-7-13-43(37)49-45;/h1-23,25-27H;/q-2;+2. The van der Waals surface area contributed by atoms with Gasteiger partial charge in [-0.1, -0.05) is 83.2 Å². The van der Waals surface area contributed by atoms with E-state index in [1.54, 1.807) is 0 Å². The number of aliphatic imine (C=N–C) groups is 1. The van der Waals surface area contributed by atoms with Gasteiger partial charge in [-0.05, 0) is 60.8 Å². The van der Waals surface area contributed by atoms with Crippen LogP contribution in [0.15, 0.2) is 172 Å². The summed E-state index contributed by atoms with van der Waals surface area (Å²) < 4.78 is 12.4. The average Bonchev–Trinajstić information content (AvgIpc) is 3.72. The molecule has 0 radical (unpaired) electrons. The SMILES string of the molecule is [C-](=Nc1[c-]c2c(cc1)ccc1ccc(N(c3ccc4oc5ccccc5c4c3)c3ccc4oc5ccccc5c4c3)cc12)c1ccccc1.[U+2]. The number of hydrogen-bond donors (Lipinski definition) is 0. The Labute approximate surface area is 311 Å². The summed E-state index contributed by atoms with van der Waals surface area (Å²) in [6.07, 6.45) is 3.17. The molecule has 0 atom stereocenters. The number of anilines is 3. The first-order valence-electron chi connectivity index (χ1n) is 16.3. The third-order valence-electron chi connectivity index (χ3n) is 9.29. The molecular formula is C45H26N2O2U. The summed E-state index contributed by atoms with van der Waals surface area (Å²) >= 11 is 0. The first-order valence-corrected chi connectivity index (χ1v) is 16.3. The van der Waals surface area contributed by atoms with E-state index < -0.39 is 0 Å². The van der Waals surface area contributed by atoms with E-state index in [0.29, 0.717) is 0 Å². The Morgan fingerprint density at radius 3 is 1.62 bits per heavy atom. The van der Waals surface area contributed by atoms with E-state index in [0.717, 1.165) is 93.7 Å². The summed E-state index contributed by atoms with van der Waals surface area (Å²) in [5, 5.41) is 8.68. The van der Waals surface area contributed by atoms with Crippen LogP contribution in [0, 0.1) is 37.2 Å². The van der Waals surface area contributed by atoms with Gasteiger partial charge in [0.25, 0.3) is 0 Å². The first-order chi connectivity index (χ1) is 24.2. The molecule has 4 nitrogen and oxygen atoms in total. The quantitative estimate of drug-likeness (QED) is 0.0983. The van der Waals surface area contributed by atoms with Crippen molar-refractivity contribution in [2.75, 3.05) is 4.90 Å². The molecule has 0 saturated carbocycles. The largest absolute Gasteiger partial charge is 2.00 e. The van der Waals surface area contributed by atoms with Gasteiger partial charge in [0.1, 0.15) is 22.3 Å². The Kier molecular flexibility index (Phi) is 7.54. The molecule has 0 saturated heterocycles. The van der Waals surface area contributed by atoms with Crippen molar-refractivity contribution < 1.29 is 39.9 Å². The zero-order chi connectivity index (χ0) is 32.3. The molecule has 0 aliphatic heterocycles. The Balaban J connectivity index is 0.00000336. The van der Waals surface area contributed by atoms with Crippen LogP contribution in [0.25, 0.3) is 65.4 Å². The molecule has 8 aromatic carbocycles. The third kappa shape index (κ3) is 5.18. The normalized spacial score (nSPS) is 11.8. The molecule has 10 rings (SSSR count). The Morgan fingerprint density at radius 1 is 0.460 bits per heavy atom. The van der Waals surface area contributed by atoms with Crippen LogP contribution >= 0.6 is 0 Å². The van der Waals surface area contributed by atoms with E-state index in [1.807, 2.05) is 60.7 Å². The molecule has 2 aromatic heterocycles. The van der Waals surface area contributed by atoms with Gasteiger partial charge in [0.15, 0.2) is 0 Å². The van der Waals surface area contributed by atoms with Crippen LogP contribution in [0.2, 0.25) is 0 Å². The van der Waals surface area contributed by atoms with Crippen molar-refractivity contribution in [3.05, 3.63) is 169 Å². The van der Waals surface area contributed by atoms with Gasteiger partial charge in [0.05, 0.1) is 0 Å². The number of nitrogens with zero attached hydrogens (tertiary/aromatic N) is 2. The Hall–Kier alpha value is -5.60. The van der Waals surface area contributed by atoms with Gasteiger partial charge in [-0.25, -0.2) is 0 Å². The van der Waals surface area contributed by atoms with Crippen LogP contribution in [-0.2, 0) is 0 Å². The summed E-state index contributed by atoms with van der Waals surface area (Å²) in [5.41, 5.74) is 8.22. The Morgan fingerprint density at radius 2 is 0.960 bits per heavy atom. The molecule has 0 spiro atoms. The van der Waals surface area contributed by atoms with Crippen LogP contribution in [-0.4, -0.2) is 6.21 Å². The third-order valence-corrected chi connectivity index (χ3v) is 9.29. The zero-order valence-corrected chi connectivity index (χ0v) is 30.9. The molecule has 10 aromatic rings. The molecule has 50 heavy (non-hydrogen) atoms. The number of rotatable bonds is 5. The van der Waals surface area contributed by atoms with E-state index in [9.17, 15) is 0 Å². The molecule has 0 fully saturated rings. The van der Waals surface area contributed by atoms with Gasteiger partial charge in [0.2, 0.25) is 0 Å². The molecule has 0 aliphatic carbocycles. The predicted molar refractivity (Wildman–Crippen MR) is 202 cm³/mol. The fraction of sp³-hybridized carbons (Fsp3) is 0. The Bertz CT molecular complexity index is 2790. The molecule has 0 aliphatic rings. The fourth-order valence-corrected chi connectivity index (χ4v) is 6.94. The van der Waals surface area contributed by atoms with Gasteiger partial charge < -0.3 is 18.7 Å². The minimum atomic E-state index is 0. The van der Waals surface area contributed by atoms with E-state index in [1.165, 1.54) is 0 Å². The van der Waals surface area contributed by atoms with E-state index in [4.69, 9.17) is 8.83 Å². The zero-order valence-electron chi connectivity index (χ0n) is 26.7. The molecule has 0 amide bonds. The first kappa shape index (κ1) is 30.5. The molecular weight excluding hydrogens is 839 g/mol. The summed E-state index contributed by atoms with van der Waals surface area (Å²) in [4.78, 5) is 6.96. The molecule has 0 bridgehead atoms. The molecule has 232 valence electrons. The van der Waals surface area contributed by atoms with Gasteiger partial charge >= 0.3 is 31.1 Å². The summed E-state index contributed by atoms with van der Waals surface area (Å²) in [6, 6.07) is 57.9. The molecule has 0 unspecified atom stereocenters. The van der Waals surface area contributed by atoms with Gasteiger partial charge in [0, 0.05) is 38.6 Å². The summed E-state index contributed by atoms with van der Waals surface area (Å²) in [6.45, 7) is 0. The van der Waals surface area contributed by atoms with E-state index >= 15 is 0 Å². The maximum absolute atomic E-state index is 6.21. The summed E-state index contributed by atoms with van der Waals surface area (Å²) in [7, 11) is 0. The van der Waals surface area contributed by atoms with Gasteiger partial charge in [-0.2, -0.15) is 12.1 Å². The van der Waals surface area contributed by atoms with E-state index in [-0.39, 0.29) is 31.1 Å². The monoisotopic (exact) mass is 864 g/mol. The molecule has 5 heteroatoms. The predicted octanol–water partition coefficient (Wildman–Crippen LogP) is 12.7. The number of para-hydroxylation sites is 2. The maximum atomic E-state index is 6.21. The van der Waals surface area contributed by atoms with Crippen LogP contribution in [0.5, 0.6) is 0 Å². The second kappa shape index (κ2) is 12.4. The molecule has 2 heterocycles.